The first-order valence-corrected chi connectivity index (χ1v) is 9.99. The number of benzene rings is 1. The average Bonchev–Trinajstić information content (AvgIpc) is 3.46. The van der Waals surface area contributed by atoms with Crippen molar-refractivity contribution in [2.45, 2.75) is 30.7 Å². The molecule has 0 aromatic heterocycles. The van der Waals surface area contributed by atoms with Gasteiger partial charge in [-0.25, -0.2) is 8.42 Å². The van der Waals surface area contributed by atoms with Crippen LogP contribution in [0.5, 0.6) is 0 Å². The topological polar surface area (TPSA) is 66.9 Å². The van der Waals surface area contributed by atoms with E-state index in [0.29, 0.717) is 44.3 Å². The van der Waals surface area contributed by atoms with Gasteiger partial charge in [0.1, 0.15) is 0 Å². The van der Waals surface area contributed by atoms with Crippen molar-refractivity contribution in [2.75, 3.05) is 32.8 Å². The van der Waals surface area contributed by atoms with Crippen LogP contribution in [-0.4, -0.2) is 56.4 Å². The summed E-state index contributed by atoms with van der Waals surface area (Å²) in [5.74, 6) is 0.341. The second-order valence-electron chi connectivity index (χ2n) is 6.69. The second-order valence-corrected chi connectivity index (χ2v) is 8.60. The summed E-state index contributed by atoms with van der Waals surface area (Å²) in [5.41, 5.74) is 1.84. The van der Waals surface area contributed by atoms with Crippen LogP contribution < -0.4 is 0 Å². The van der Waals surface area contributed by atoms with Gasteiger partial charge in [0.25, 0.3) is 0 Å². The highest BCUT2D eigenvalue weighted by Gasteiger charge is 2.36. The maximum atomic E-state index is 13.0. The Morgan fingerprint density at radius 2 is 1.88 bits per heavy atom. The predicted octanol–water partition coefficient (Wildman–Crippen LogP) is 1.00. The number of sulfonamides is 1. The van der Waals surface area contributed by atoms with Gasteiger partial charge in [0.15, 0.2) is 0 Å². The van der Waals surface area contributed by atoms with Crippen LogP contribution in [-0.2, 0) is 32.5 Å². The summed E-state index contributed by atoms with van der Waals surface area (Å²) in [4.78, 5) is 14.6. The number of morpholine rings is 1. The van der Waals surface area contributed by atoms with Crippen LogP contribution in [0, 0.1) is 5.92 Å². The maximum absolute atomic E-state index is 13.0. The molecule has 130 valence electrons. The molecule has 1 aliphatic carbocycles. The Labute approximate surface area is 142 Å². The predicted molar refractivity (Wildman–Crippen MR) is 87.9 cm³/mol. The van der Waals surface area contributed by atoms with Gasteiger partial charge in [-0.15, -0.1) is 0 Å². The Morgan fingerprint density at radius 3 is 2.58 bits per heavy atom. The lowest BCUT2D eigenvalue weighted by molar-refractivity contribution is -0.133. The van der Waals surface area contributed by atoms with Crippen molar-refractivity contribution >= 4 is 15.9 Å². The molecular formula is C17H22N2O4S. The molecule has 1 saturated carbocycles. The number of ether oxygens (including phenoxy) is 1. The van der Waals surface area contributed by atoms with E-state index in [1.54, 1.807) is 6.07 Å². The monoisotopic (exact) mass is 350 g/mol. The molecule has 0 atom stereocenters. The lowest BCUT2D eigenvalue weighted by Crippen LogP contribution is -2.42. The van der Waals surface area contributed by atoms with Crippen LogP contribution >= 0.6 is 0 Å². The van der Waals surface area contributed by atoms with Gasteiger partial charge in [-0.1, -0.05) is 12.1 Å². The van der Waals surface area contributed by atoms with Gasteiger partial charge in [0.2, 0.25) is 15.9 Å². The van der Waals surface area contributed by atoms with E-state index in [2.05, 4.69) is 0 Å². The van der Waals surface area contributed by atoms with Crippen molar-refractivity contribution < 1.29 is 17.9 Å². The van der Waals surface area contributed by atoms with Crippen molar-refractivity contribution in [1.82, 2.24) is 9.21 Å². The zero-order chi connectivity index (χ0) is 16.7. The standard InChI is InChI=1S/C17H22N2O4S/c20-17(14-4-5-14)18-7-6-13-2-1-3-16(15(13)12-18)24(21,22)19-8-10-23-11-9-19/h1-3,14H,4-12H2. The Balaban J connectivity index is 1.66. The van der Waals surface area contributed by atoms with E-state index in [4.69, 9.17) is 4.74 Å². The van der Waals surface area contributed by atoms with Crippen LogP contribution in [0.1, 0.15) is 24.0 Å². The quantitative estimate of drug-likeness (QED) is 0.816. The first-order chi connectivity index (χ1) is 11.6. The molecule has 0 bridgehead atoms. The molecule has 6 nitrogen and oxygen atoms in total. The third-order valence-electron chi connectivity index (χ3n) is 5.06. The lowest BCUT2D eigenvalue weighted by atomic mass is 9.99. The van der Waals surface area contributed by atoms with Gasteiger partial charge in [-0.3, -0.25) is 4.79 Å². The molecule has 1 aromatic carbocycles. The highest BCUT2D eigenvalue weighted by Crippen LogP contribution is 2.34. The number of fused-ring (bicyclic) bond motifs is 1. The van der Waals surface area contributed by atoms with Gasteiger partial charge >= 0.3 is 0 Å². The smallest absolute Gasteiger partial charge is 0.243 e. The van der Waals surface area contributed by atoms with Gasteiger partial charge in [0, 0.05) is 32.1 Å². The number of rotatable bonds is 3. The molecule has 1 saturated heterocycles. The van der Waals surface area contributed by atoms with Crippen molar-refractivity contribution in [3.63, 3.8) is 0 Å². The Bertz CT molecular complexity index is 752. The van der Waals surface area contributed by atoms with E-state index in [1.165, 1.54) is 4.31 Å². The SMILES string of the molecule is O=C(C1CC1)N1CCc2cccc(S(=O)(=O)N3CCOCC3)c2C1. The van der Waals surface area contributed by atoms with Crippen LogP contribution in [0.2, 0.25) is 0 Å². The molecule has 0 spiro atoms. The number of carbonyl (C=O) groups excluding carboxylic acids is 1. The maximum Gasteiger partial charge on any atom is 0.243 e. The third kappa shape index (κ3) is 2.85. The van der Waals surface area contributed by atoms with Crippen LogP contribution in [0.4, 0.5) is 0 Å². The second kappa shape index (κ2) is 6.13. The van der Waals surface area contributed by atoms with E-state index in [-0.39, 0.29) is 11.8 Å². The molecule has 2 fully saturated rings. The zero-order valence-electron chi connectivity index (χ0n) is 13.6. The summed E-state index contributed by atoms with van der Waals surface area (Å²) in [6, 6.07) is 5.46. The largest absolute Gasteiger partial charge is 0.379 e. The van der Waals surface area contributed by atoms with Crippen molar-refractivity contribution in [3.8, 4) is 0 Å². The van der Waals surface area contributed by atoms with E-state index in [0.717, 1.165) is 30.4 Å². The van der Waals surface area contributed by atoms with Crippen LogP contribution in [0.25, 0.3) is 0 Å². The molecule has 2 aliphatic heterocycles. The van der Waals surface area contributed by atoms with E-state index in [9.17, 15) is 13.2 Å². The summed E-state index contributed by atoms with van der Waals surface area (Å²) >= 11 is 0. The number of nitrogens with zero attached hydrogens (tertiary/aromatic N) is 2. The summed E-state index contributed by atoms with van der Waals surface area (Å²) in [7, 11) is -3.54. The molecule has 4 rings (SSSR count). The lowest BCUT2D eigenvalue weighted by Gasteiger charge is -2.32. The van der Waals surface area contributed by atoms with Gasteiger partial charge in [-0.05, 0) is 36.5 Å². The molecule has 1 aromatic rings. The first-order valence-electron chi connectivity index (χ1n) is 8.55. The zero-order valence-corrected chi connectivity index (χ0v) is 14.4. The van der Waals surface area contributed by atoms with Crippen molar-refractivity contribution in [1.29, 1.82) is 0 Å². The summed E-state index contributed by atoms with van der Waals surface area (Å²) < 4.78 is 32.9. The fraction of sp³-hybridized carbons (Fsp3) is 0.588. The summed E-state index contributed by atoms with van der Waals surface area (Å²) in [5, 5.41) is 0. The highest BCUT2D eigenvalue weighted by atomic mass is 32.2. The summed E-state index contributed by atoms with van der Waals surface area (Å²) in [6.07, 6.45) is 2.66. The Kier molecular flexibility index (Phi) is 4.10. The molecule has 24 heavy (non-hydrogen) atoms. The minimum atomic E-state index is -3.54. The molecule has 1 amide bonds. The number of hydrogen-bond acceptors (Lipinski definition) is 4. The fourth-order valence-electron chi connectivity index (χ4n) is 3.49. The Morgan fingerprint density at radius 1 is 1.12 bits per heavy atom. The summed E-state index contributed by atoms with van der Waals surface area (Å²) in [6.45, 7) is 2.72. The highest BCUT2D eigenvalue weighted by molar-refractivity contribution is 7.89. The molecule has 2 heterocycles. The van der Waals surface area contributed by atoms with Gasteiger partial charge in [0.05, 0.1) is 18.1 Å². The van der Waals surface area contributed by atoms with Crippen LogP contribution in [0.15, 0.2) is 23.1 Å². The van der Waals surface area contributed by atoms with E-state index < -0.39 is 10.0 Å². The fourth-order valence-corrected chi connectivity index (χ4v) is 5.16. The van der Waals surface area contributed by atoms with Gasteiger partial charge < -0.3 is 9.64 Å². The molecule has 0 unspecified atom stereocenters. The third-order valence-corrected chi connectivity index (χ3v) is 7.04. The van der Waals surface area contributed by atoms with Gasteiger partial charge in [-0.2, -0.15) is 4.31 Å². The first kappa shape index (κ1) is 16.1. The Hall–Kier alpha value is -1.44. The molecule has 7 heteroatoms. The average molecular weight is 350 g/mol. The number of carbonyl (C=O) groups is 1. The molecule has 3 aliphatic rings. The van der Waals surface area contributed by atoms with E-state index in [1.807, 2.05) is 17.0 Å². The number of amides is 1. The molecule has 0 N–H and O–H groups in total. The molecular weight excluding hydrogens is 328 g/mol. The minimum Gasteiger partial charge on any atom is -0.379 e. The van der Waals surface area contributed by atoms with Crippen molar-refractivity contribution in [3.05, 3.63) is 29.3 Å². The number of hydrogen-bond donors (Lipinski definition) is 0. The van der Waals surface area contributed by atoms with Crippen molar-refractivity contribution in [2.24, 2.45) is 5.92 Å². The molecule has 0 radical (unpaired) electrons. The van der Waals surface area contributed by atoms with Crippen LogP contribution in [0.3, 0.4) is 0 Å². The van der Waals surface area contributed by atoms with E-state index >= 15 is 0 Å². The normalized spacial score (nSPS) is 22.2. The minimum absolute atomic E-state index is 0.162.